The van der Waals surface area contributed by atoms with Crippen molar-refractivity contribution in [1.82, 2.24) is 25.4 Å². The fraction of sp³-hybridized carbons (Fsp3) is 0.211. The molecular weight excluding hydrogens is 312 g/mol. The van der Waals surface area contributed by atoms with E-state index in [-0.39, 0.29) is 0 Å². The van der Waals surface area contributed by atoms with Gasteiger partial charge >= 0.3 is 0 Å². The van der Waals surface area contributed by atoms with Crippen LogP contribution in [0.5, 0.6) is 0 Å². The van der Waals surface area contributed by atoms with Gasteiger partial charge in [-0.25, -0.2) is 9.67 Å². The molecule has 0 amide bonds. The highest BCUT2D eigenvalue weighted by Gasteiger charge is 2.01. The maximum Gasteiger partial charge on any atom is 0.191 e. The van der Waals surface area contributed by atoms with Crippen molar-refractivity contribution in [2.45, 2.75) is 20.0 Å². The number of nitrogens with one attached hydrogen (secondary N) is 2. The molecule has 0 saturated carbocycles. The smallest absolute Gasteiger partial charge is 0.191 e. The Hall–Kier alpha value is -3.15. The monoisotopic (exact) mass is 334 g/mol. The van der Waals surface area contributed by atoms with E-state index in [1.54, 1.807) is 12.4 Å². The van der Waals surface area contributed by atoms with Gasteiger partial charge in [-0.2, -0.15) is 5.10 Å². The first-order valence-electron chi connectivity index (χ1n) is 8.36. The van der Waals surface area contributed by atoms with Gasteiger partial charge in [0.2, 0.25) is 0 Å². The fourth-order valence-electron chi connectivity index (χ4n) is 2.41. The van der Waals surface area contributed by atoms with Crippen molar-refractivity contribution in [1.29, 1.82) is 0 Å². The molecule has 0 atom stereocenters. The van der Waals surface area contributed by atoms with Gasteiger partial charge in [-0.05, 0) is 42.8 Å². The molecule has 25 heavy (non-hydrogen) atoms. The first kappa shape index (κ1) is 16.7. The van der Waals surface area contributed by atoms with Gasteiger partial charge < -0.3 is 10.6 Å². The molecule has 0 spiro atoms. The highest BCUT2D eigenvalue weighted by atomic mass is 15.3. The van der Waals surface area contributed by atoms with Crippen molar-refractivity contribution in [3.05, 3.63) is 78.4 Å². The SMILES string of the molecule is CCNC(=NCc1cccc(-n2cccn2)c1)NCc1ccccn1. The minimum atomic E-state index is 0.590. The molecule has 0 radical (unpaired) electrons. The number of aliphatic imine (C=N–C) groups is 1. The average Bonchev–Trinajstić information content (AvgIpc) is 3.20. The minimum Gasteiger partial charge on any atom is -0.357 e. The largest absolute Gasteiger partial charge is 0.357 e. The third kappa shape index (κ3) is 4.91. The number of rotatable bonds is 6. The first-order chi connectivity index (χ1) is 12.3. The lowest BCUT2D eigenvalue weighted by atomic mass is 10.2. The van der Waals surface area contributed by atoms with Gasteiger partial charge in [0.05, 0.1) is 24.5 Å². The van der Waals surface area contributed by atoms with Gasteiger partial charge in [0.25, 0.3) is 0 Å². The number of aromatic nitrogens is 3. The molecule has 0 saturated heterocycles. The molecule has 0 aliphatic rings. The predicted molar refractivity (Wildman–Crippen MR) is 99.5 cm³/mol. The lowest BCUT2D eigenvalue weighted by Crippen LogP contribution is -2.37. The minimum absolute atomic E-state index is 0.590. The Balaban J connectivity index is 1.66. The summed E-state index contributed by atoms with van der Waals surface area (Å²) in [6.07, 6.45) is 5.50. The second kappa shape index (κ2) is 8.63. The average molecular weight is 334 g/mol. The van der Waals surface area contributed by atoms with E-state index in [0.717, 1.165) is 29.4 Å². The van der Waals surface area contributed by atoms with E-state index in [2.05, 4.69) is 44.8 Å². The molecule has 2 heterocycles. The van der Waals surface area contributed by atoms with Crippen LogP contribution in [0.2, 0.25) is 0 Å². The van der Waals surface area contributed by atoms with Gasteiger partial charge in [-0.15, -0.1) is 0 Å². The molecule has 0 unspecified atom stereocenters. The number of benzene rings is 1. The quantitative estimate of drug-likeness (QED) is 0.537. The summed E-state index contributed by atoms with van der Waals surface area (Å²) in [5, 5.41) is 10.8. The Kier molecular flexibility index (Phi) is 5.77. The Morgan fingerprint density at radius 3 is 2.80 bits per heavy atom. The summed E-state index contributed by atoms with van der Waals surface area (Å²) in [5.41, 5.74) is 3.14. The molecule has 0 bridgehead atoms. The second-order valence-electron chi connectivity index (χ2n) is 5.49. The van der Waals surface area contributed by atoms with E-state index < -0.39 is 0 Å². The molecule has 0 fully saturated rings. The first-order valence-corrected chi connectivity index (χ1v) is 8.36. The molecule has 2 N–H and O–H groups in total. The van der Waals surface area contributed by atoms with Crippen LogP contribution in [0.3, 0.4) is 0 Å². The molecule has 3 aromatic rings. The van der Waals surface area contributed by atoms with Crippen molar-refractivity contribution in [2.24, 2.45) is 4.99 Å². The van der Waals surface area contributed by atoms with E-state index >= 15 is 0 Å². The molecule has 0 aliphatic heterocycles. The molecule has 2 aromatic heterocycles. The van der Waals surface area contributed by atoms with Crippen LogP contribution in [-0.4, -0.2) is 27.3 Å². The van der Waals surface area contributed by atoms with Gasteiger partial charge in [0.15, 0.2) is 5.96 Å². The predicted octanol–water partition coefficient (Wildman–Crippen LogP) is 2.52. The van der Waals surface area contributed by atoms with E-state index in [0.29, 0.717) is 13.1 Å². The van der Waals surface area contributed by atoms with Crippen molar-refractivity contribution in [3.8, 4) is 5.69 Å². The third-order valence-electron chi connectivity index (χ3n) is 3.61. The van der Waals surface area contributed by atoms with E-state index in [1.165, 1.54) is 0 Å². The summed E-state index contributed by atoms with van der Waals surface area (Å²) in [7, 11) is 0. The number of hydrogen-bond acceptors (Lipinski definition) is 3. The highest BCUT2D eigenvalue weighted by Crippen LogP contribution is 2.10. The number of pyridine rings is 1. The fourth-order valence-corrected chi connectivity index (χ4v) is 2.41. The zero-order valence-corrected chi connectivity index (χ0v) is 14.3. The second-order valence-corrected chi connectivity index (χ2v) is 5.49. The summed E-state index contributed by atoms with van der Waals surface area (Å²) >= 11 is 0. The van der Waals surface area contributed by atoms with E-state index in [4.69, 9.17) is 0 Å². The Labute approximate surface area is 147 Å². The normalized spacial score (nSPS) is 11.3. The van der Waals surface area contributed by atoms with Crippen LogP contribution >= 0.6 is 0 Å². The van der Waals surface area contributed by atoms with Crippen molar-refractivity contribution in [3.63, 3.8) is 0 Å². The van der Waals surface area contributed by atoms with Crippen LogP contribution in [0.15, 0.2) is 72.1 Å². The summed E-state index contributed by atoms with van der Waals surface area (Å²) in [6.45, 7) is 4.09. The van der Waals surface area contributed by atoms with Crippen LogP contribution in [-0.2, 0) is 13.1 Å². The maximum absolute atomic E-state index is 4.66. The lowest BCUT2D eigenvalue weighted by Gasteiger charge is -2.11. The van der Waals surface area contributed by atoms with Crippen molar-refractivity contribution < 1.29 is 0 Å². The van der Waals surface area contributed by atoms with Crippen LogP contribution in [0.1, 0.15) is 18.2 Å². The summed E-state index contributed by atoms with van der Waals surface area (Å²) in [4.78, 5) is 8.97. The molecule has 3 rings (SSSR count). The molecule has 6 heteroatoms. The lowest BCUT2D eigenvalue weighted by molar-refractivity contribution is 0.799. The molecule has 128 valence electrons. The summed E-state index contributed by atoms with van der Waals surface area (Å²) in [6, 6.07) is 16.0. The molecule has 1 aromatic carbocycles. The number of nitrogens with zero attached hydrogens (tertiary/aromatic N) is 4. The van der Waals surface area contributed by atoms with Crippen LogP contribution in [0.25, 0.3) is 5.69 Å². The highest BCUT2D eigenvalue weighted by molar-refractivity contribution is 5.79. The Morgan fingerprint density at radius 1 is 1.08 bits per heavy atom. The van der Waals surface area contributed by atoms with Gasteiger partial charge in [-0.3, -0.25) is 4.98 Å². The van der Waals surface area contributed by atoms with Crippen LogP contribution in [0.4, 0.5) is 0 Å². The molecular formula is C19H22N6. The van der Waals surface area contributed by atoms with Crippen LogP contribution < -0.4 is 10.6 Å². The Bertz CT molecular complexity index is 796. The third-order valence-corrected chi connectivity index (χ3v) is 3.61. The van der Waals surface area contributed by atoms with Crippen molar-refractivity contribution in [2.75, 3.05) is 6.54 Å². The van der Waals surface area contributed by atoms with E-state index in [1.807, 2.05) is 47.3 Å². The van der Waals surface area contributed by atoms with Crippen molar-refractivity contribution >= 4 is 5.96 Å². The van der Waals surface area contributed by atoms with Crippen LogP contribution in [0, 0.1) is 0 Å². The van der Waals surface area contributed by atoms with Gasteiger partial charge in [0, 0.05) is 25.1 Å². The zero-order valence-electron chi connectivity index (χ0n) is 14.3. The zero-order chi connectivity index (χ0) is 17.3. The van der Waals surface area contributed by atoms with E-state index in [9.17, 15) is 0 Å². The van der Waals surface area contributed by atoms with Gasteiger partial charge in [0.1, 0.15) is 0 Å². The molecule has 6 nitrogen and oxygen atoms in total. The Morgan fingerprint density at radius 2 is 2.04 bits per heavy atom. The standard InChI is InChI=1S/C19H22N6/c1-2-20-19(23-15-17-8-3-4-10-21-17)22-14-16-7-5-9-18(13-16)25-12-6-11-24-25/h3-13H,2,14-15H2,1H3,(H2,20,22,23). The molecule has 0 aliphatic carbocycles. The number of guanidine groups is 1. The maximum atomic E-state index is 4.66. The summed E-state index contributed by atoms with van der Waals surface area (Å²) in [5.74, 6) is 0.776. The topological polar surface area (TPSA) is 67.1 Å². The summed E-state index contributed by atoms with van der Waals surface area (Å²) < 4.78 is 1.84. The number of hydrogen-bond donors (Lipinski definition) is 2. The van der Waals surface area contributed by atoms with Gasteiger partial charge in [-0.1, -0.05) is 18.2 Å².